The van der Waals surface area contributed by atoms with E-state index >= 15 is 0 Å². The molecule has 0 spiro atoms. The predicted octanol–water partition coefficient (Wildman–Crippen LogP) is 1.91. The summed E-state index contributed by atoms with van der Waals surface area (Å²) in [5.74, 6) is 0.0274. The summed E-state index contributed by atoms with van der Waals surface area (Å²) in [5, 5.41) is 5.93. The van der Waals surface area contributed by atoms with Crippen molar-refractivity contribution in [2.75, 3.05) is 32.5 Å². The van der Waals surface area contributed by atoms with Gasteiger partial charge in [-0.3, -0.25) is 4.79 Å². The number of carbonyl (C=O) groups excluding carboxylic acids is 1. The van der Waals surface area contributed by atoms with Crippen LogP contribution in [0.3, 0.4) is 0 Å². The van der Waals surface area contributed by atoms with Crippen LogP contribution >= 0.6 is 0 Å². The Morgan fingerprint density at radius 1 is 1.21 bits per heavy atom. The zero-order valence-electron chi connectivity index (χ0n) is 13.9. The Bertz CT molecular complexity index is 660. The van der Waals surface area contributed by atoms with Crippen LogP contribution in [-0.2, 0) is 6.54 Å². The first-order chi connectivity index (χ1) is 11.5. The second kappa shape index (κ2) is 8.93. The molecule has 1 heterocycles. The summed E-state index contributed by atoms with van der Waals surface area (Å²) in [7, 11) is 4.04. The lowest BCUT2D eigenvalue weighted by atomic mass is 10.2. The van der Waals surface area contributed by atoms with Crippen LogP contribution < -0.4 is 10.6 Å². The van der Waals surface area contributed by atoms with Crippen LogP contribution in [0.5, 0.6) is 0 Å². The van der Waals surface area contributed by atoms with E-state index in [1.54, 1.807) is 18.2 Å². The molecule has 0 bridgehead atoms. The zero-order valence-corrected chi connectivity index (χ0v) is 13.9. The molecule has 7 heteroatoms. The Morgan fingerprint density at radius 3 is 2.67 bits per heavy atom. The number of anilines is 1. The van der Waals surface area contributed by atoms with Crippen LogP contribution in [0.15, 0.2) is 36.7 Å². The highest BCUT2D eigenvalue weighted by Gasteiger charge is 2.08. The van der Waals surface area contributed by atoms with E-state index in [4.69, 9.17) is 0 Å². The maximum Gasteiger partial charge on any atom is 0.270 e. The highest BCUT2D eigenvalue weighted by molar-refractivity contribution is 5.92. The molecule has 1 amide bonds. The standard InChI is InChI=1S/C17H22FN5O/c1-23(2)9-3-8-19-16-10-15(21-12-22-16)17(24)20-11-13-4-6-14(18)7-5-13/h4-7,10,12H,3,8-9,11H2,1-2H3,(H,20,24)(H,19,21,22). The molecule has 0 saturated heterocycles. The van der Waals surface area contributed by atoms with E-state index in [1.807, 2.05) is 14.1 Å². The molecule has 0 aliphatic rings. The van der Waals surface area contributed by atoms with Crippen molar-refractivity contribution in [3.05, 3.63) is 53.7 Å². The molecule has 128 valence electrons. The first-order valence-electron chi connectivity index (χ1n) is 7.78. The van der Waals surface area contributed by atoms with E-state index in [0.29, 0.717) is 18.1 Å². The summed E-state index contributed by atoms with van der Waals surface area (Å²) in [5.41, 5.74) is 1.11. The lowest BCUT2D eigenvalue weighted by Crippen LogP contribution is -2.24. The zero-order chi connectivity index (χ0) is 17.4. The fourth-order valence-electron chi connectivity index (χ4n) is 2.07. The number of hydrogen-bond donors (Lipinski definition) is 2. The molecule has 2 N–H and O–H groups in total. The van der Waals surface area contributed by atoms with Gasteiger partial charge in [0.25, 0.3) is 5.91 Å². The molecule has 2 rings (SSSR count). The van der Waals surface area contributed by atoms with Gasteiger partial charge in [0.15, 0.2) is 0 Å². The van der Waals surface area contributed by atoms with Crippen molar-refractivity contribution in [2.24, 2.45) is 0 Å². The van der Waals surface area contributed by atoms with E-state index < -0.39 is 0 Å². The molecular weight excluding hydrogens is 309 g/mol. The molecule has 0 fully saturated rings. The molecule has 0 aliphatic carbocycles. The smallest absolute Gasteiger partial charge is 0.270 e. The second-order valence-corrected chi connectivity index (χ2v) is 5.68. The first kappa shape index (κ1) is 17.8. The minimum Gasteiger partial charge on any atom is -0.370 e. The number of nitrogens with zero attached hydrogens (tertiary/aromatic N) is 3. The van der Waals surface area contributed by atoms with Gasteiger partial charge in [-0.05, 0) is 44.8 Å². The quantitative estimate of drug-likeness (QED) is 0.723. The number of aromatic nitrogens is 2. The normalized spacial score (nSPS) is 10.7. The first-order valence-corrected chi connectivity index (χ1v) is 7.78. The van der Waals surface area contributed by atoms with E-state index in [9.17, 15) is 9.18 Å². The summed E-state index contributed by atoms with van der Waals surface area (Å²) in [4.78, 5) is 22.4. The van der Waals surface area contributed by atoms with Gasteiger partial charge in [0.2, 0.25) is 0 Å². The molecule has 0 unspecified atom stereocenters. The van der Waals surface area contributed by atoms with Crippen molar-refractivity contribution >= 4 is 11.7 Å². The molecule has 24 heavy (non-hydrogen) atoms. The lowest BCUT2D eigenvalue weighted by molar-refractivity contribution is 0.0946. The third-order valence-corrected chi connectivity index (χ3v) is 3.35. The Balaban J connectivity index is 1.85. The highest BCUT2D eigenvalue weighted by atomic mass is 19.1. The Morgan fingerprint density at radius 2 is 1.96 bits per heavy atom. The molecule has 1 aromatic carbocycles. The minimum absolute atomic E-state index is 0.293. The van der Waals surface area contributed by atoms with E-state index in [0.717, 1.165) is 25.1 Å². The Kier molecular flexibility index (Phi) is 6.62. The fourth-order valence-corrected chi connectivity index (χ4v) is 2.07. The van der Waals surface area contributed by atoms with Crippen molar-refractivity contribution in [1.82, 2.24) is 20.2 Å². The molecule has 1 aromatic heterocycles. The number of halogens is 1. The van der Waals surface area contributed by atoms with E-state index in [2.05, 4.69) is 25.5 Å². The van der Waals surface area contributed by atoms with Crippen molar-refractivity contribution in [1.29, 1.82) is 0 Å². The van der Waals surface area contributed by atoms with Gasteiger partial charge in [-0.2, -0.15) is 0 Å². The molecule has 0 aliphatic heterocycles. The van der Waals surface area contributed by atoms with Gasteiger partial charge in [0.05, 0.1) is 0 Å². The van der Waals surface area contributed by atoms with Crippen LogP contribution in [0.2, 0.25) is 0 Å². The summed E-state index contributed by atoms with van der Waals surface area (Å²) in [6.07, 6.45) is 2.34. The maximum atomic E-state index is 12.9. The number of benzene rings is 1. The maximum absolute atomic E-state index is 12.9. The lowest BCUT2D eigenvalue weighted by Gasteiger charge is -2.10. The molecule has 0 saturated carbocycles. The number of nitrogens with one attached hydrogen (secondary N) is 2. The molecule has 0 atom stereocenters. The summed E-state index contributed by atoms with van der Waals surface area (Å²) in [6.45, 7) is 2.06. The Hall–Kier alpha value is -2.54. The molecular formula is C17H22FN5O. The monoisotopic (exact) mass is 331 g/mol. The predicted molar refractivity (Wildman–Crippen MR) is 91.3 cm³/mol. The van der Waals surface area contributed by atoms with E-state index in [-0.39, 0.29) is 11.7 Å². The summed E-state index contributed by atoms with van der Waals surface area (Å²) >= 11 is 0. The average Bonchev–Trinajstić information content (AvgIpc) is 2.58. The van der Waals surface area contributed by atoms with E-state index in [1.165, 1.54) is 18.5 Å². The van der Waals surface area contributed by atoms with Crippen molar-refractivity contribution in [2.45, 2.75) is 13.0 Å². The topological polar surface area (TPSA) is 70.2 Å². The Labute approximate surface area is 141 Å². The number of rotatable bonds is 8. The summed E-state index contributed by atoms with van der Waals surface area (Å²) < 4.78 is 12.9. The van der Waals surface area contributed by atoms with Crippen LogP contribution in [0.25, 0.3) is 0 Å². The molecule has 6 nitrogen and oxygen atoms in total. The number of hydrogen-bond acceptors (Lipinski definition) is 5. The molecule has 0 radical (unpaired) electrons. The van der Waals surface area contributed by atoms with Crippen molar-refractivity contribution in [3.63, 3.8) is 0 Å². The SMILES string of the molecule is CN(C)CCCNc1cc(C(=O)NCc2ccc(F)cc2)ncn1. The average molecular weight is 331 g/mol. The second-order valence-electron chi connectivity index (χ2n) is 5.68. The van der Waals surface area contributed by atoms with Gasteiger partial charge < -0.3 is 15.5 Å². The van der Waals surface area contributed by atoms with Crippen LogP contribution in [-0.4, -0.2) is 48.0 Å². The number of amides is 1. The van der Waals surface area contributed by atoms with Crippen LogP contribution in [0.4, 0.5) is 10.2 Å². The van der Waals surface area contributed by atoms with Crippen molar-refractivity contribution < 1.29 is 9.18 Å². The minimum atomic E-state index is -0.300. The summed E-state index contributed by atoms with van der Waals surface area (Å²) in [6, 6.07) is 7.61. The molecule has 2 aromatic rings. The van der Waals surface area contributed by atoms with Gasteiger partial charge in [-0.15, -0.1) is 0 Å². The van der Waals surface area contributed by atoms with Gasteiger partial charge >= 0.3 is 0 Å². The van der Waals surface area contributed by atoms with Gasteiger partial charge in [0.1, 0.15) is 23.7 Å². The van der Waals surface area contributed by atoms with Crippen LogP contribution in [0.1, 0.15) is 22.5 Å². The van der Waals surface area contributed by atoms with Crippen LogP contribution in [0, 0.1) is 5.82 Å². The van der Waals surface area contributed by atoms with Gasteiger partial charge in [0, 0.05) is 19.2 Å². The third kappa shape index (κ3) is 5.92. The largest absolute Gasteiger partial charge is 0.370 e. The highest BCUT2D eigenvalue weighted by Crippen LogP contribution is 2.06. The van der Waals surface area contributed by atoms with Crippen molar-refractivity contribution in [3.8, 4) is 0 Å². The van der Waals surface area contributed by atoms with Gasteiger partial charge in [-0.1, -0.05) is 12.1 Å². The number of carbonyl (C=O) groups is 1. The van der Waals surface area contributed by atoms with Gasteiger partial charge in [-0.25, -0.2) is 14.4 Å². The fraction of sp³-hybridized carbons (Fsp3) is 0.353. The third-order valence-electron chi connectivity index (χ3n) is 3.35.